The second kappa shape index (κ2) is 4.76. The zero-order chi connectivity index (χ0) is 12.7. The van der Waals surface area contributed by atoms with Crippen molar-refractivity contribution in [2.75, 3.05) is 5.32 Å². The molecule has 2 aromatic carbocycles. The van der Waals surface area contributed by atoms with Gasteiger partial charge >= 0.3 is 0 Å². The van der Waals surface area contributed by atoms with Gasteiger partial charge in [-0.3, -0.25) is 0 Å². The average Bonchev–Trinajstić information content (AvgIpc) is 2.78. The fourth-order valence-electron chi connectivity index (χ4n) is 2.28. The molecule has 1 nitrogen and oxygen atoms in total. The molecule has 1 atom stereocenters. The van der Waals surface area contributed by atoms with Gasteiger partial charge in [-0.15, -0.1) is 0 Å². The summed E-state index contributed by atoms with van der Waals surface area (Å²) in [5.41, 5.74) is 3.65. The summed E-state index contributed by atoms with van der Waals surface area (Å²) in [4.78, 5) is 0. The summed E-state index contributed by atoms with van der Waals surface area (Å²) < 4.78 is 1.10. The number of hydrogen-bond donors (Lipinski definition) is 1. The summed E-state index contributed by atoms with van der Waals surface area (Å²) in [5.74, 6) is 0. The first-order valence-corrected chi connectivity index (χ1v) is 7.19. The molecule has 1 unspecified atom stereocenters. The van der Waals surface area contributed by atoms with E-state index in [1.807, 2.05) is 24.3 Å². The third-order valence-electron chi connectivity index (χ3n) is 3.19. The van der Waals surface area contributed by atoms with Gasteiger partial charge in [-0.25, -0.2) is 0 Å². The van der Waals surface area contributed by atoms with Crippen LogP contribution in [0.4, 0.5) is 5.69 Å². The van der Waals surface area contributed by atoms with Crippen LogP contribution >= 0.6 is 39.1 Å². The third kappa shape index (κ3) is 2.13. The van der Waals surface area contributed by atoms with E-state index < -0.39 is 0 Å². The number of anilines is 1. The van der Waals surface area contributed by atoms with E-state index in [0.29, 0.717) is 10.0 Å². The maximum Gasteiger partial charge on any atom is 0.0595 e. The quantitative estimate of drug-likeness (QED) is 0.725. The first-order chi connectivity index (χ1) is 8.65. The number of nitrogens with one attached hydrogen (secondary N) is 1. The number of fused-ring (bicyclic) bond motifs is 1. The van der Waals surface area contributed by atoms with Gasteiger partial charge in [0, 0.05) is 4.47 Å². The fraction of sp³-hybridized carbons (Fsp3) is 0.143. The van der Waals surface area contributed by atoms with E-state index in [-0.39, 0.29) is 6.04 Å². The molecule has 0 amide bonds. The molecule has 92 valence electrons. The Morgan fingerprint density at radius 1 is 1.11 bits per heavy atom. The van der Waals surface area contributed by atoms with E-state index in [1.54, 1.807) is 0 Å². The highest BCUT2D eigenvalue weighted by Crippen LogP contribution is 2.39. The molecular formula is C14H10BrCl2N. The van der Waals surface area contributed by atoms with Crippen molar-refractivity contribution in [1.29, 1.82) is 0 Å². The molecule has 1 N–H and O–H groups in total. The Morgan fingerprint density at radius 3 is 2.67 bits per heavy atom. The second-order valence-corrected chi connectivity index (χ2v) is 6.02. The molecule has 3 rings (SSSR count). The minimum atomic E-state index is 0.258. The highest BCUT2D eigenvalue weighted by atomic mass is 79.9. The van der Waals surface area contributed by atoms with Gasteiger partial charge in [-0.1, -0.05) is 41.4 Å². The van der Waals surface area contributed by atoms with Crippen molar-refractivity contribution in [3.8, 4) is 0 Å². The van der Waals surface area contributed by atoms with Crippen LogP contribution in [0.3, 0.4) is 0 Å². The second-order valence-electron chi connectivity index (χ2n) is 4.35. The van der Waals surface area contributed by atoms with Gasteiger partial charge in [-0.05, 0) is 51.7 Å². The summed E-state index contributed by atoms with van der Waals surface area (Å²) in [6.45, 7) is 0. The van der Waals surface area contributed by atoms with Crippen LogP contribution in [0.2, 0.25) is 10.0 Å². The van der Waals surface area contributed by atoms with Crippen LogP contribution in [0.5, 0.6) is 0 Å². The Hall–Kier alpha value is -0.700. The zero-order valence-electron chi connectivity index (χ0n) is 9.38. The van der Waals surface area contributed by atoms with Crippen LogP contribution in [-0.4, -0.2) is 0 Å². The Kier molecular flexibility index (Phi) is 3.27. The molecule has 0 aliphatic carbocycles. The predicted octanol–water partition coefficient (Wildman–Crippen LogP) is 5.47. The van der Waals surface area contributed by atoms with Crippen molar-refractivity contribution in [1.82, 2.24) is 0 Å². The number of hydrogen-bond acceptors (Lipinski definition) is 1. The van der Waals surface area contributed by atoms with Gasteiger partial charge in [0.25, 0.3) is 0 Å². The van der Waals surface area contributed by atoms with Crippen LogP contribution in [-0.2, 0) is 6.42 Å². The molecule has 0 fully saturated rings. The van der Waals surface area contributed by atoms with Crippen LogP contribution in [0.25, 0.3) is 0 Å². The van der Waals surface area contributed by atoms with Crippen molar-refractivity contribution >= 4 is 44.8 Å². The van der Waals surface area contributed by atoms with Gasteiger partial charge in [0.2, 0.25) is 0 Å². The van der Waals surface area contributed by atoms with E-state index in [9.17, 15) is 0 Å². The molecular weight excluding hydrogens is 333 g/mol. The maximum absolute atomic E-state index is 6.07. The molecule has 1 aliphatic heterocycles. The van der Waals surface area contributed by atoms with E-state index in [4.69, 9.17) is 23.2 Å². The van der Waals surface area contributed by atoms with E-state index in [0.717, 1.165) is 16.5 Å². The average molecular weight is 343 g/mol. The smallest absolute Gasteiger partial charge is 0.0595 e. The largest absolute Gasteiger partial charge is 0.377 e. The summed E-state index contributed by atoms with van der Waals surface area (Å²) in [7, 11) is 0. The van der Waals surface area contributed by atoms with Gasteiger partial charge in [0.1, 0.15) is 0 Å². The molecule has 0 aromatic heterocycles. The summed E-state index contributed by atoms with van der Waals surface area (Å²) >= 11 is 15.6. The summed E-state index contributed by atoms with van der Waals surface area (Å²) in [6.07, 6.45) is 0.965. The Labute approximate surface area is 124 Å². The molecule has 1 heterocycles. The number of rotatable bonds is 1. The molecule has 4 heteroatoms. The Morgan fingerprint density at radius 2 is 1.94 bits per heavy atom. The van der Waals surface area contributed by atoms with Gasteiger partial charge < -0.3 is 5.32 Å². The van der Waals surface area contributed by atoms with Crippen LogP contribution in [0.1, 0.15) is 17.2 Å². The SMILES string of the molecule is Clc1ccc(C2Cc3cccc(Br)c3N2)cc1Cl. The highest BCUT2D eigenvalue weighted by molar-refractivity contribution is 9.10. The fourth-order valence-corrected chi connectivity index (χ4v) is 3.10. The van der Waals surface area contributed by atoms with Crippen molar-refractivity contribution in [3.05, 3.63) is 62.0 Å². The molecule has 2 aromatic rings. The van der Waals surface area contributed by atoms with Crippen LogP contribution in [0.15, 0.2) is 40.9 Å². The lowest BCUT2D eigenvalue weighted by Crippen LogP contribution is -2.05. The molecule has 18 heavy (non-hydrogen) atoms. The van der Waals surface area contributed by atoms with Crippen LogP contribution < -0.4 is 5.32 Å². The number of para-hydroxylation sites is 1. The highest BCUT2D eigenvalue weighted by Gasteiger charge is 2.23. The summed E-state index contributed by atoms with van der Waals surface area (Å²) in [6, 6.07) is 12.3. The molecule has 0 radical (unpaired) electrons. The first-order valence-electron chi connectivity index (χ1n) is 5.64. The van der Waals surface area contributed by atoms with Gasteiger partial charge in [0.05, 0.1) is 21.8 Å². The molecule has 0 saturated heterocycles. The van der Waals surface area contributed by atoms with Gasteiger partial charge in [-0.2, -0.15) is 0 Å². The number of halogens is 3. The van der Waals surface area contributed by atoms with Crippen molar-refractivity contribution in [2.45, 2.75) is 12.5 Å². The number of benzene rings is 2. The molecule has 1 aliphatic rings. The first kappa shape index (κ1) is 12.3. The Balaban J connectivity index is 1.94. The van der Waals surface area contributed by atoms with Crippen molar-refractivity contribution in [3.63, 3.8) is 0 Å². The van der Waals surface area contributed by atoms with E-state index >= 15 is 0 Å². The zero-order valence-corrected chi connectivity index (χ0v) is 12.5. The lowest BCUT2D eigenvalue weighted by molar-refractivity contribution is 0.824. The normalized spacial score (nSPS) is 17.4. The monoisotopic (exact) mass is 341 g/mol. The van der Waals surface area contributed by atoms with E-state index in [1.165, 1.54) is 11.3 Å². The molecule has 0 spiro atoms. The third-order valence-corrected chi connectivity index (χ3v) is 4.59. The maximum atomic E-state index is 6.07. The minimum Gasteiger partial charge on any atom is -0.377 e. The van der Waals surface area contributed by atoms with Gasteiger partial charge in [0.15, 0.2) is 0 Å². The summed E-state index contributed by atoms with van der Waals surface area (Å²) in [5, 5.41) is 4.71. The van der Waals surface area contributed by atoms with Crippen LogP contribution in [0, 0.1) is 0 Å². The minimum absolute atomic E-state index is 0.258. The Bertz CT molecular complexity index is 613. The standard InChI is InChI=1S/C14H10BrCl2N/c15-10-3-1-2-9-7-13(18-14(9)10)8-4-5-11(16)12(17)6-8/h1-6,13,18H,7H2. The molecule has 0 saturated carbocycles. The lowest BCUT2D eigenvalue weighted by Gasteiger charge is -2.12. The van der Waals surface area contributed by atoms with Crippen molar-refractivity contribution in [2.24, 2.45) is 0 Å². The van der Waals surface area contributed by atoms with E-state index in [2.05, 4.69) is 33.4 Å². The topological polar surface area (TPSA) is 12.0 Å². The molecule has 0 bridgehead atoms. The van der Waals surface area contributed by atoms with Crippen molar-refractivity contribution < 1.29 is 0 Å². The lowest BCUT2D eigenvalue weighted by atomic mass is 10.0. The predicted molar refractivity (Wildman–Crippen MR) is 80.7 cm³/mol.